The highest BCUT2D eigenvalue weighted by atomic mass is 19.4. The van der Waals surface area contributed by atoms with Crippen molar-refractivity contribution in [2.45, 2.75) is 50.9 Å². The second-order valence-electron chi connectivity index (χ2n) is 8.93. The van der Waals surface area contributed by atoms with Gasteiger partial charge < -0.3 is 15.1 Å². The van der Waals surface area contributed by atoms with E-state index in [9.17, 15) is 22.8 Å². The normalized spacial score (nSPS) is 18.9. The first-order chi connectivity index (χ1) is 16.7. The highest BCUT2D eigenvalue weighted by molar-refractivity contribution is 6.12. The molecular formula is C26H29F3N4O2. The number of aliphatic imine (C=N–C) groups is 1. The number of nitrogens with one attached hydrogen (secondary N) is 1. The maximum atomic E-state index is 13.2. The van der Waals surface area contributed by atoms with Gasteiger partial charge >= 0.3 is 6.18 Å². The van der Waals surface area contributed by atoms with E-state index in [2.05, 4.69) is 10.2 Å². The van der Waals surface area contributed by atoms with Crippen molar-refractivity contribution in [1.82, 2.24) is 10.2 Å². The predicted molar refractivity (Wildman–Crippen MR) is 128 cm³/mol. The van der Waals surface area contributed by atoms with Gasteiger partial charge in [0.2, 0.25) is 12.1 Å². The highest BCUT2D eigenvalue weighted by Crippen LogP contribution is 2.29. The van der Waals surface area contributed by atoms with E-state index in [0.717, 1.165) is 62.2 Å². The van der Waals surface area contributed by atoms with Gasteiger partial charge in [0.25, 0.3) is 5.91 Å². The van der Waals surface area contributed by atoms with Crippen LogP contribution in [0.2, 0.25) is 0 Å². The molecule has 0 saturated carbocycles. The van der Waals surface area contributed by atoms with Gasteiger partial charge in [0.15, 0.2) is 0 Å². The van der Waals surface area contributed by atoms with Crippen molar-refractivity contribution in [2.75, 3.05) is 25.0 Å². The summed E-state index contributed by atoms with van der Waals surface area (Å²) in [6.07, 6.45) is -0.829. The zero-order chi connectivity index (χ0) is 25.0. The molecule has 0 spiro atoms. The molecule has 186 valence electrons. The van der Waals surface area contributed by atoms with E-state index in [0.29, 0.717) is 11.4 Å². The third kappa shape index (κ3) is 5.83. The van der Waals surface area contributed by atoms with Gasteiger partial charge in [-0.05, 0) is 49.1 Å². The predicted octanol–water partition coefficient (Wildman–Crippen LogP) is 4.38. The largest absolute Gasteiger partial charge is 0.416 e. The van der Waals surface area contributed by atoms with Crippen LogP contribution in [-0.2, 0) is 22.2 Å². The molecule has 1 saturated heterocycles. The van der Waals surface area contributed by atoms with Crippen molar-refractivity contribution in [3.63, 3.8) is 0 Å². The molecule has 0 bridgehead atoms. The topological polar surface area (TPSA) is 65.0 Å². The Labute approximate surface area is 202 Å². The van der Waals surface area contributed by atoms with Crippen molar-refractivity contribution in [1.29, 1.82) is 0 Å². The molecule has 0 aromatic heterocycles. The van der Waals surface area contributed by atoms with E-state index < -0.39 is 17.9 Å². The van der Waals surface area contributed by atoms with Crippen molar-refractivity contribution in [3.05, 3.63) is 65.2 Å². The maximum Gasteiger partial charge on any atom is 0.416 e. The van der Waals surface area contributed by atoms with Crippen LogP contribution in [0.1, 0.15) is 48.8 Å². The Morgan fingerprint density at radius 2 is 1.69 bits per heavy atom. The standard InChI is InChI=1S/C26H29F3N4O2/c1-32-21-9-5-4-8-20(21)24(33-16-6-2-3-7-17-33)31-23(25(32)35)30-22(34)15-12-18-10-13-19(14-11-18)26(27,28)29/h4-5,8-11,13-14,23H,2-3,6-7,12,15-17H2,1H3,(H,30,34). The number of hydrogen-bond donors (Lipinski definition) is 1. The molecule has 2 aromatic carbocycles. The maximum absolute atomic E-state index is 13.2. The number of alkyl halides is 3. The van der Waals surface area contributed by atoms with Gasteiger partial charge in [-0.15, -0.1) is 0 Å². The van der Waals surface area contributed by atoms with Crippen LogP contribution < -0.4 is 10.2 Å². The molecule has 4 rings (SSSR count). The van der Waals surface area contributed by atoms with E-state index in [-0.39, 0.29) is 24.7 Å². The number of fused-ring (bicyclic) bond motifs is 1. The fourth-order valence-corrected chi connectivity index (χ4v) is 4.48. The van der Waals surface area contributed by atoms with Crippen LogP contribution in [-0.4, -0.2) is 48.9 Å². The summed E-state index contributed by atoms with van der Waals surface area (Å²) in [4.78, 5) is 34.4. The highest BCUT2D eigenvalue weighted by Gasteiger charge is 2.33. The Morgan fingerprint density at radius 3 is 2.34 bits per heavy atom. The fourth-order valence-electron chi connectivity index (χ4n) is 4.48. The van der Waals surface area contributed by atoms with Crippen molar-refractivity contribution in [2.24, 2.45) is 4.99 Å². The number of aryl methyl sites for hydroxylation is 1. The summed E-state index contributed by atoms with van der Waals surface area (Å²) in [5, 5.41) is 2.74. The van der Waals surface area contributed by atoms with Gasteiger partial charge in [0, 0.05) is 32.1 Å². The van der Waals surface area contributed by atoms with Crippen molar-refractivity contribution < 1.29 is 22.8 Å². The Morgan fingerprint density at radius 1 is 1.03 bits per heavy atom. The Kier molecular flexibility index (Phi) is 7.42. The molecule has 0 aliphatic carbocycles. The summed E-state index contributed by atoms with van der Waals surface area (Å²) >= 11 is 0. The second kappa shape index (κ2) is 10.5. The molecule has 1 atom stereocenters. The van der Waals surface area contributed by atoms with Crippen LogP contribution in [0.15, 0.2) is 53.5 Å². The molecule has 1 fully saturated rings. The minimum Gasteiger partial charge on any atom is -0.356 e. The van der Waals surface area contributed by atoms with E-state index in [1.54, 1.807) is 7.05 Å². The number of benzene rings is 2. The molecule has 2 amide bonds. The number of para-hydroxylation sites is 1. The number of anilines is 1. The van der Waals surface area contributed by atoms with Crippen molar-refractivity contribution >= 4 is 23.3 Å². The number of rotatable bonds is 4. The molecule has 9 heteroatoms. The van der Waals surface area contributed by atoms with Crippen LogP contribution >= 0.6 is 0 Å². The molecule has 0 radical (unpaired) electrons. The molecule has 6 nitrogen and oxygen atoms in total. The molecule has 1 N–H and O–H groups in total. The minimum atomic E-state index is -4.40. The Hall–Kier alpha value is -3.36. The van der Waals surface area contributed by atoms with Crippen LogP contribution in [0, 0.1) is 0 Å². The lowest BCUT2D eigenvalue weighted by Crippen LogP contribution is -2.46. The Balaban J connectivity index is 1.51. The van der Waals surface area contributed by atoms with E-state index in [4.69, 9.17) is 4.99 Å². The lowest BCUT2D eigenvalue weighted by molar-refractivity contribution is -0.137. The second-order valence-corrected chi connectivity index (χ2v) is 8.93. The van der Waals surface area contributed by atoms with Gasteiger partial charge in [-0.3, -0.25) is 9.59 Å². The number of likely N-dealkylation sites (tertiary alicyclic amines) is 1. The average Bonchev–Trinajstić information content (AvgIpc) is 3.17. The molecule has 2 aliphatic rings. The lowest BCUT2D eigenvalue weighted by atomic mass is 10.1. The van der Waals surface area contributed by atoms with Crippen molar-refractivity contribution in [3.8, 4) is 0 Å². The first-order valence-corrected chi connectivity index (χ1v) is 11.9. The molecule has 2 aromatic rings. The summed E-state index contributed by atoms with van der Waals surface area (Å²) in [7, 11) is 1.67. The zero-order valence-electron chi connectivity index (χ0n) is 19.6. The van der Waals surface area contributed by atoms with E-state index in [1.165, 1.54) is 17.0 Å². The van der Waals surface area contributed by atoms with Crippen LogP contribution in [0.3, 0.4) is 0 Å². The summed E-state index contributed by atoms with van der Waals surface area (Å²) in [5.74, 6) is -0.0278. The van der Waals surface area contributed by atoms with Gasteiger partial charge in [0.05, 0.1) is 11.3 Å². The number of amidine groups is 1. The zero-order valence-corrected chi connectivity index (χ0v) is 19.6. The summed E-state index contributed by atoms with van der Waals surface area (Å²) in [6, 6.07) is 12.3. The smallest absolute Gasteiger partial charge is 0.356 e. The monoisotopic (exact) mass is 486 g/mol. The first kappa shape index (κ1) is 24.8. The number of hydrogen-bond acceptors (Lipinski definition) is 4. The summed E-state index contributed by atoms with van der Waals surface area (Å²) < 4.78 is 38.3. The molecule has 1 unspecified atom stereocenters. The quantitative estimate of drug-likeness (QED) is 0.698. The lowest BCUT2D eigenvalue weighted by Gasteiger charge is -2.25. The third-order valence-corrected chi connectivity index (χ3v) is 6.45. The minimum absolute atomic E-state index is 0.0281. The first-order valence-electron chi connectivity index (χ1n) is 11.9. The number of benzodiazepines with no additional fused rings is 1. The number of carbonyl (C=O) groups is 2. The van der Waals surface area contributed by atoms with E-state index >= 15 is 0 Å². The van der Waals surface area contributed by atoms with Crippen LogP contribution in [0.4, 0.5) is 18.9 Å². The Bertz CT molecular complexity index is 1090. The molecular weight excluding hydrogens is 457 g/mol. The number of halogens is 3. The summed E-state index contributed by atoms with van der Waals surface area (Å²) in [6.45, 7) is 1.67. The number of nitrogens with zero attached hydrogens (tertiary/aromatic N) is 3. The molecule has 35 heavy (non-hydrogen) atoms. The number of amides is 2. The SMILES string of the molecule is CN1C(=O)C(NC(=O)CCc2ccc(C(F)(F)F)cc2)N=C(N2CCCCCC2)c2ccccc21. The molecule has 2 heterocycles. The van der Waals surface area contributed by atoms with Crippen LogP contribution in [0.25, 0.3) is 0 Å². The number of carbonyl (C=O) groups excluding carboxylic acids is 2. The third-order valence-electron chi connectivity index (χ3n) is 6.45. The fraction of sp³-hybridized carbons (Fsp3) is 0.423. The number of likely N-dealkylation sites (N-methyl/N-ethyl adjacent to an activating group) is 1. The van der Waals surface area contributed by atoms with Gasteiger partial charge in [-0.25, -0.2) is 4.99 Å². The van der Waals surface area contributed by atoms with Gasteiger partial charge in [-0.2, -0.15) is 13.2 Å². The molecule has 2 aliphatic heterocycles. The van der Waals surface area contributed by atoms with Gasteiger partial charge in [0.1, 0.15) is 5.84 Å². The van der Waals surface area contributed by atoms with Crippen LogP contribution in [0.5, 0.6) is 0 Å². The summed E-state index contributed by atoms with van der Waals surface area (Å²) in [5.41, 5.74) is 1.47. The van der Waals surface area contributed by atoms with Gasteiger partial charge in [-0.1, -0.05) is 37.1 Å². The average molecular weight is 487 g/mol. The van der Waals surface area contributed by atoms with E-state index in [1.807, 2.05) is 24.3 Å².